The van der Waals surface area contributed by atoms with Crippen LogP contribution in [0.5, 0.6) is 0 Å². The molecule has 0 aliphatic heterocycles. The Hall–Kier alpha value is -2.80. The van der Waals surface area contributed by atoms with Gasteiger partial charge < -0.3 is 10.6 Å². The highest BCUT2D eigenvalue weighted by Gasteiger charge is 2.35. The first-order valence-electron chi connectivity index (χ1n) is 9.68. The Balaban J connectivity index is 1.80. The first-order chi connectivity index (χ1) is 14.3. The van der Waals surface area contributed by atoms with Crippen LogP contribution >= 0.6 is 11.6 Å². The highest BCUT2D eigenvalue weighted by atomic mass is 35.5. The lowest BCUT2D eigenvalue weighted by Crippen LogP contribution is -2.12. The number of alkyl halides is 3. The molecule has 4 nitrogen and oxygen atoms in total. The standard InChI is InChI=1S/C22H22ClF3N4/c1-2-3-4-6-15-9-11-17(12-10-15)29-21-27-14-19(22(24,25)26)20(30-21)28-18-8-5-7-16(23)13-18/h5,7-14H,2-4,6H2,1H3,(H2,27,28,29,30). The van der Waals surface area contributed by atoms with Crippen molar-refractivity contribution in [1.82, 2.24) is 9.97 Å². The molecule has 0 radical (unpaired) electrons. The largest absolute Gasteiger partial charge is 0.421 e. The first kappa shape index (κ1) is 21.9. The molecule has 0 saturated carbocycles. The highest BCUT2D eigenvalue weighted by molar-refractivity contribution is 6.30. The summed E-state index contributed by atoms with van der Waals surface area (Å²) < 4.78 is 40.2. The van der Waals surface area contributed by atoms with E-state index in [1.165, 1.54) is 18.1 Å². The minimum Gasteiger partial charge on any atom is -0.340 e. The number of nitrogens with zero attached hydrogens (tertiary/aromatic N) is 2. The van der Waals surface area contributed by atoms with E-state index in [0.717, 1.165) is 25.5 Å². The molecule has 0 atom stereocenters. The number of halogens is 4. The van der Waals surface area contributed by atoms with Crippen LogP contribution in [0.4, 0.5) is 36.3 Å². The van der Waals surface area contributed by atoms with Crippen LogP contribution in [0.3, 0.4) is 0 Å². The molecule has 0 aliphatic carbocycles. The van der Waals surface area contributed by atoms with Crippen LogP contribution in [0.2, 0.25) is 5.02 Å². The van der Waals surface area contributed by atoms with Crippen LogP contribution in [0.1, 0.15) is 37.3 Å². The van der Waals surface area contributed by atoms with Gasteiger partial charge in [-0.15, -0.1) is 0 Å². The summed E-state index contributed by atoms with van der Waals surface area (Å²) in [6.45, 7) is 2.16. The topological polar surface area (TPSA) is 49.8 Å². The van der Waals surface area contributed by atoms with E-state index in [-0.39, 0.29) is 11.8 Å². The lowest BCUT2D eigenvalue weighted by atomic mass is 10.1. The second-order valence-corrected chi connectivity index (χ2v) is 7.30. The Morgan fingerprint density at radius 1 is 0.967 bits per heavy atom. The second-order valence-electron chi connectivity index (χ2n) is 6.87. The lowest BCUT2D eigenvalue weighted by Gasteiger charge is -2.15. The van der Waals surface area contributed by atoms with E-state index >= 15 is 0 Å². The van der Waals surface area contributed by atoms with E-state index in [2.05, 4.69) is 27.5 Å². The predicted octanol–water partition coefficient (Wildman–Crippen LogP) is 7.37. The second kappa shape index (κ2) is 9.80. The quantitative estimate of drug-likeness (QED) is 0.363. The minimum atomic E-state index is -4.60. The number of aryl methyl sites for hydroxylation is 1. The number of anilines is 4. The van der Waals surface area contributed by atoms with Crippen molar-refractivity contribution >= 4 is 34.7 Å². The number of nitrogens with one attached hydrogen (secondary N) is 2. The molecule has 0 aliphatic rings. The molecule has 0 spiro atoms. The summed E-state index contributed by atoms with van der Waals surface area (Å²) in [6.07, 6.45) is 0.640. The fourth-order valence-electron chi connectivity index (χ4n) is 2.91. The maximum absolute atomic E-state index is 13.4. The molecule has 3 aromatic rings. The summed E-state index contributed by atoms with van der Waals surface area (Å²) in [4.78, 5) is 7.88. The Morgan fingerprint density at radius 3 is 2.40 bits per heavy atom. The van der Waals surface area contributed by atoms with Crippen molar-refractivity contribution in [2.45, 2.75) is 38.8 Å². The molecule has 3 rings (SSSR count). The molecule has 0 saturated heterocycles. The van der Waals surface area contributed by atoms with Gasteiger partial charge in [0.15, 0.2) is 0 Å². The van der Waals surface area contributed by atoms with E-state index in [0.29, 0.717) is 16.4 Å². The van der Waals surface area contributed by atoms with Gasteiger partial charge in [0.1, 0.15) is 11.4 Å². The van der Waals surface area contributed by atoms with Gasteiger partial charge in [-0.3, -0.25) is 0 Å². The molecule has 2 N–H and O–H groups in total. The summed E-state index contributed by atoms with van der Waals surface area (Å²) in [5.41, 5.74) is 1.35. The van der Waals surface area contributed by atoms with Crippen LogP contribution in [-0.2, 0) is 12.6 Å². The summed E-state index contributed by atoms with van der Waals surface area (Å²) >= 11 is 5.92. The van der Waals surface area contributed by atoms with Crippen molar-refractivity contribution in [2.75, 3.05) is 10.6 Å². The van der Waals surface area contributed by atoms with Gasteiger partial charge >= 0.3 is 6.18 Å². The number of aromatic nitrogens is 2. The van der Waals surface area contributed by atoms with Crippen LogP contribution in [-0.4, -0.2) is 9.97 Å². The van der Waals surface area contributed by atoms with Crippen LogP contribution in [0.25, 0.3) is 0 Å². The van der Waals surface area contributed by atoms with E-state index in [1.807, 2.05) is 24.3 Å². The molecule has 0 unspecified atom stereocenters. The highest BCUT2D eigenvalue weighted by Crippen LogP contribution is 2.35. The van der Waals surface area contributed by atoms with E-state index in [1.54, 1.807) is 18.2 Å². The third-order valence-corrected chi connectivity index (χ3v) is 4.70. The number of rotatable bonds is 8. The molecule has 8 heteroatoms. The fraction of sp³-hybridized carbons (Fsp3) is 0.273. The maximum atomic E-state index is 13.4. The summed E-state index contributed by atoms with van der Waals surface area (Å²) in [7, 11) is 0. The van der Waals surface area contributed by atoms with Crippen LogP contribution in [0.15, 0.2) is 54.7 Å². The van der Waals surface area contributed by atoms with E-state index in [4.69, 9.17) is 11.6 Å². The van der Waals surface area contributed by atoms with E-state index < -0.39 is 11.7 Å². The van der Waals surface area contributed by atoms with Gasteiger partial charge in [0.25, 0.3) is 0 Å². The number of benzene rings is 2. The van der Waals surface area contributed by atoms with Crippen LogP contribution in [0, 0.1) is 0 Å². The Kier molecular flexibility index (Phi) is 7.15. The smallest absolute Gasteiger partial charge is 0.340 e. The average Bonchev–Trinajstić information content (AvgIpc) is 2.69. The first-order valence-corrected chi connectivity index (χ1v) is 10.1. The predicted molar refractivity (Wildman–Crippen MR) is 115 cm³/mol. The number of unbranched alkanes of at least 4 members (excludes halogenated alkanes) is 2. The zero-order valence-electron chi connectivity index (χ0n) is 16.4. The Morgan fingerprint density at radius 2 is 1.73 bits per heavy atom. The normalized spacial score (nSPS) is 11.4. The summed E-state index contributed by atoms with van der Waals surface area (Å²) in [6, 6.07) is 14.1. The molecule has 0 fully saturated rings. The zero-order chi connectivity index (χ0) is 21.6. The molecule has 2 aromatic carbocycles. The molecular formula is C22H22ClF3N4. The van der Waals surface area contributed by atoms with Crippen LogP contribution < -0.4 is 10.6 Å². The van der Waals surface area contributed by atoms with E-state index in [9.17, 15) is 13.2 Å². The lowest BCUT2D eigenvalue weighted by molar-refractivity contribution is -0.137. The molecule has 1 aromatic heterocycles. The Labute approximate surface area is 178 Å². The monoisotopic (exact) mass is 434 g/mol. The van der Waals surface area contributed by atoms with Gasteiger partial charge in [-0.1, -0.05) is 49.6 Å². The molecule has 158 valence electrons. The SMILES string of the molecule is CCCCCc1ccc(Nc2ncc(C(F)(F)F)c(Nc3cccc(Cl)c3)n2)cc1. The van der Waals surface area contributed by atoms with Gasteiger partial charge in [-0.2, -0.15) is 18.2 Å². The van der Waals surface area contributed by atoms with Gasteiger partial charge in [-0.25, -0.2) is 4.98 Å². The third kappa shape index (κ3) is 6.10. The van der Waals surface area contributed by atoms with Crippen molar-refractivity contribution in [3.8, 4) is 0 Å². The van der Waals surface area contributed by atoms with Gasteiger partial charge in [-0.05, 0) is 48.7 Å². The van der Waals surface area contributed by atoms with Crippen molar-refractivity contribution in [3.63, 3.8) is 0 Å². The van der Waals surface area contributed by atoms with Crippen molar-refractivity contribution < 1.29 is 13.2 Å². The van der Waals surface area contributed by atoms with Gasteiger partial charge in [0, 0.05) is 22.6 Å². The summed E-state index contributed by atoms with van der Waals surface area (Å²) in [5, 5.41) is 6.05. The molecule has 0 bridgehead atoms. The van der Waals surface area contributed by atoms with Gasteiger partial charge in [0.05, 0.1) is 0 Å². The third-order valence-electron chi connectivity index (χ3n) is 4.46. The molecule has 0 amide bonds. The van der Waals surface area contributed by atoms with Crippen molar-refractivity contribution in [1.29, 1.82) is 0 Å². The Bertz CT molecular complexity index is 975. The summed E-state index contributed by atoms with van der Waals surface area (Å²) in [5.74, 6) is -0.287. The molecular weight excluding hydrogens is 413 g/mol. The average molecular weight is 435 g/mol. The number of hydrogen-bond acceptors (Lipinski definition) is 4. The molecule has 30 heavy (non-hydrogen) atoms. The maximum Gasteiger partial charge on any atom is 0.421 e. The fourth-order valence-corrected chi connectivity index (χ4v) is 3.10. The number of hydrogen-bond donors (Lipinski definition) is 2. The van der Waals surface area contributed by atoms with Gasteiger partial charge in [0.2, 0.25) is 5.95 Å². The minimum absolute atomic E-state index is 0.0614. The van der Waals surface area contributed by atoms with Crippen molar-refractivity contribution in [2.24, 2.45) is 0 Å². The van der Waals surface area contributed by atoms with Crippen molar-refractivity contribution in [3.05, 3.63) is 70.9 Å². The molecule has 1 heterocycles. The zero-order valence-corrected chi connectivity index (χ0v) is 17.2.